The zero-order valence-electron chi connectivity index (χ0n) is 12.7. The van der Waals surface area contributed by atoms with Gasteiger partial charge >= 0.3 is 5.97 Å². The van der Waals surface area contributed by atoms with Gasteiger partial charge in [0.15, 0.2) is 0 Å². The molecule has 0 aromatic rings. The molecule has 2 bridgehead atoms. The van der Waals surface area contributed by atoms with Crippen molar-refractivity contribution in [2.24, 2.45) is 28.6 Å². The molecule has 5 atom stereocenters. The smallest absolute Gasteiger partial charge is 0.303 e. The Morgan fingerprint density at radius 3 is 2.63 bits per heavy atom. The molecule has 3 fully saturated rings. The third-order valence-corrected chi connectivity index (χ3v) is 6.68. The molecular weight excluding hydrogens is 236 g/mol. The zero-order valence-corrected chi connectivity index (χ0v) is 12.7. The highest BCUT2D eigenvalue weighted by Gasteiger charge is 2.66. The first kappa shape index (κ1) is 13.2. The number of fused-ring (bicyclic) bond motifs is 1. The lowest BCUT2D eigenvalue weighted by Gasteiger charge is -2.41. The Balaban J connectivity index is 2.00. The minimum absolute atomic E-state index is 0.0407. The number of hydrogen-bond donors (Lipinski definition) is 0. The lowest BCUT2D eigenvalue weighted by Crippen LogP contribution is -2.38. The third-order valence-electron chi connectivity index (χ3n) is 6.68. The van der Waals surface area contributed by atoms with Gasteiger partial charge in [0.05, 0.1) is 0 Å². The molecule has 0 amide bonds. The van der Waals surface area contributed by atoms with E-state index >= 15 is 0 Å². The maximum atomic E-state index is 11.4. The molecule has 0 aliphatic heterocycles. The van der Waals surface area contributed by atoms with Gasteiger partial charge in [-0.05, 0) is 59.8 Å². The summed E-state index contributed by atoms with van der Waals surface area (Å²) in [5.74, 6) is 1.90. The van der Waals surface area contributed by atoms with Gasteiger partial charge in [-0.2, -0.15) is 0 Å². The van der Waals surface area contributed by atoms with E-state index in [4.69, 9.17) is 4.74 Å². The Hall–Kier alpha value is -0.790. The lowest BCUT2D eigenvalue weighted by molar-refractivity contribution is -0.147. The third kappa shape index (κ3) is 1.58. The van der Waals surface area contributed by atoms with E-state index in [0.717, 1.165) is 18.3 Å². The molecule has 0 radical (unpaired) electrons. The highest BCUT2D eigenvalue weighted by molar-refractivity contribution is 5.66. The highest BCUT2D eigenvalue weighted by atomic mass is 16.5. The van der Waals surface area contributed by atoms with Crippen molar-refractivity contribution in [3.8, 4) is 0 Å². The van der Waals surface area contributed by atoms with Crippen LogP contribution >= 0.6 is 0 Å². The Labute approximate surface area is 116 Å². The van der Waals surface area contributed by atoms with Crippen LogP contribution < -0.4 is 0 Å². The van der Waals surface area contributed by atoms with Crippen LogP contribution in [0.15, 0.2) is 12.2 Å². The van der Waals surface area contributed by atoms with Crippen LogP contribution in [0.25, 0.3) is 0 Å². The van der Waals surface area contributed by atoms with Gasteiger partial charge in [0.1, 0.15) is 6.10 Å². The number of hydrogen-bond acceptors (Lipinski definition) is 2. The standard InChI is InChI=1S/C17H26O2/c1-10-6-7-15-16(4,5)13-8-17(10,15)9-14(11(13)2)19-12(3)18/h10,13-15H,2,6-9H2,1,3-5H3/t10-,13+,14?,15?,17-/m1/s1. The largest absolute Gasteiger partial charge is 0.458 e. The minimum Gasteiger partial charge on any atom is -0.458 e. The minimum atomic E-state index is -0.163. The Morgan fingerprint density at radius 2 is 2.00 bits per heavy atom. The van der Waals surface area contributed by atoms with Crippen molar-refractivity contribution in [2.75, 3.05) is 0 Å². The second-order valence-electron chi connectivity index (χ2n) is 7.72. The van der Waals surface area contributed by atoms with Crippen LogP contribution in [0.5, 0.6) is 0 Å². The lowest BCUT2D eigenvalue weighted by atomic mass is 9.66. The molecule has 19 heavy (non-hydrogen) atoms. The average molecular weight is 262 g/mol. The molecule has 2 heteroatoms. The van der Waals surface area contributed by atoms with Gasteiger partial charge < -0.3 is 4.74 Å². The summed E-state index contributed by atoms with van der Waals surface area (Å²) in [6, 6.07) is 0. The topological polar surface area (TPSA) is 26.3 Å². The van der Waals surface area contributed by atoms with Crippen LogP contribution in [0, 0.1) is 28.6 Å². The van der Waals surface area contributed by atoms with Crippen LogP contribution in [-0.4, -0.2) is 12.1 Å². The van der Waals surface area contributed by atoms with E-state index < -0.39 is 0 Å². The molecule has 0 aromatic carbocycles. The maximum Gasteiger partial charge on any atom is 0.303 e. The molecule has 3 aliphatic carbocycles. The van der Waals surface area contributed by atoms with Crippen LogP contribution in [-0.2, 0) is 9.53 Å². The fourth-order valence-corrected chi connectivity index (χ4v) is 5.73. The summed E-state index contributed by atoms with van der Waals surface area (Å²) in [7, 11) is 0. The van der Waals surface area contributed by atoms with Crippen LogP contribution in [0.3, 0.4) is 0 Å². The molecule has 106 valence electrons. The van der Waals surface area contributed by atoms with Gasteiger partial charge in [0.2, 0.25) is 0 Å². The quantitative estimate of drug-likeness (QED) is 0.528. The highest BCUT2D eigenvalue weighted by Crippen LogP contribution is 2.72. The van der Waals surface area contributed by atoms with Crippen molar-refractivity contribution in [3.05, 3.63) is 12.2 Å². The zero-order chi connectivity index (χ0) is 14.0. The Morgan fingerprint density at radius 1 is 1.32 bits per heavy atom. The second-order valence-corrected chi connectivity index (χ2v) is 7.72. The van der Waals surface area contributed by atoms with E-state index in [1.54, 1.807) is 0 Å². The van der Waals surface area contributed by atoms with Crippen LogP contribution in [0.1, 0.15) is 53.4 Å². The van der Waals surface area contributed by atoms with Crippen molar-refractivity contribution in [3.63, 3.8) is 0 Å². The molecule has 3 saturated carbocycles. The van der Waals surface area contributed by atoms with Gasteiger partial charge in [-0.25, -0.2) is 0 Å². The summed E-state index contributed by atoms with van der Waals surface area (Å²) in [5, 5.41) is 0. The molecule has 0 aromatic heterocycles. The van der Waals surface area contributed by atoms with Gasteiger partial charge in [-0.3, -0.25) is 4.79 Å². The summed E-state index contributed by atoms with van der Waals surface area (Å²) in [5.41, 5.74) is 1.89. The first-order valence-electron chi connectivity index (χ1n) is 7.65. The van der Waals surface area contributed by atoms with Gasteiger partial charge in [-0.1, -0.05) is 27.4 Å². The van der Waals surface area contributed by atoms with Gasteiger partial charge in [0, 0.05) is 6.92 Å². The molecule has 1 spiro atoms. The fourth-order valence-electron chi connectivity index (χ4n) is 5.73. The van der Waals surface area contributed by atoms with Crippen LogP contribution in [0.2, 0.25) is 0 Å². The molecule has 0 saturated heterocycles. The average Bonchev–Trinajstić information content (AvgIpc) is 2.70. The van der Waals surface area contributed by atoms with E-state index in [1.165, 1.54) is 31.8 Å². The van der Waals surface area contributed by atoms with Gasteiger partial charge in [-0.15, -0.1) is 0 Å². The Kier molecular flexibility index (Phi) is 2.69. The summed E-state index contributed by atoms with van der Waals surface area (Å²) >= 11 is 0. The number of carbonyl (C=O) groups excluding carboxylic acids is 1. The molecular formula is C17H26O2. The normalized spacial score (nSPS) is 47.1. The number of carbonyl (C=O) groups is 1. The molecule has 3 aliphatic rings. The maximum absolute atomic E-state index is 11.4. The first-order chi connectivity index (χ1) is 8.79. The number of rotatable bonds is 1. The Bertz CT molecular complexity index is 437. The van der Waals surface area contributed by atoms with Crippen molar-refractivity contribution >= 4 is 5.97 Å². The predicted octanol–water partition coefficient (Wildman–Crippen LogP) is 3.96. The monoisotopic (exact) mass is 262 g/mol. The fraction of sp³-hybridized carbons (Fsp3) is 0.824. The first-order valence-corrected chi connectivity index (χ1v) is 7.65. The van der Waals surface area contributed by atoms with E-state index in [9.17, 15) is 4.79 Å². The number of esters is 1. The second kappa shape index (κ2) is 3.86. The van der Waals surface area contributed by atoms with Gasteiger partial charge in [0.25, 0.3) is 0 Å². The van der Waals surface area contributed by atoms with E-state index in [0.29, 0.717) is 16.7 Å². The molecule has 3 rings (SSSR count). The van der Waals surface area contributed by atoms with E-state index in [2.05, 4.69) is 27.4 Å². The molecule has 2 unspecified atom stereocenters. The van der Waals surface area contributed by atoms with Crippen LogP contribution in [0.4, 0.5) is 0 Å². The van der Waals surface area contributed by atoms with Crippen molar-refractivity contribution < 1.29 is 9.53 Å². The summed E-state index contributed by atoms with van der Waals surface area (Å²) in [6.07, 6.45) is 4.91. The van der Waals surface area contributed by atoms with E-state index in [-0.39, 0.29) is 12.1 Å². The summed E-state index contributed by atoms with van der Waals surface area (Å²) < 4.78 is 5.59. The van der Waals surface area contributed by atoms with Crippen molar-refractivity contribution in [2.45, 2.75) is 59.5 Å². The summed E-state index contributed by atoms with van der Waals surface area (Å²) in [4.78, 5) is 11.4. The van der Waals surface area contributed by atoms with Crippen molar-refractivity contribution in [1.82, 2.24) is 0 Å². The van der Waals surface area contributed by atoms with E-state index in [1.807, 2.05) is 0 Å². The molecule has 0 heterocycles. The molecule has 0 N–H and O–H groups in total. The SMILES string of the molecule is C=C1C(OC(C)=O)C[C@@]23C[C@@H]1C(C)(C)C2CC[C@H]3C. The van der Waals surface area contributed by atoms with Crippen molar-refractivity contribution in [1.29, 1.82) is 0 Å². The summed E-state index contributed by atoms with van der Waals surface area (Å²) in [6.45, 7) is 13.0. The molecule has 2 nitrogen and oxygen atoms in total. The number of ether oxygens (including phenoxy) is 1. The predicted molar refractivity (Wildman–Crippen MR) is 75.5 cm³/mol.